The minimum Gasteiger partial charge on any atom is -0.313 e. The Bertz CT molecular complexity index is 484. The van der Waals surface area contributed by atoms with Gasteiger partial charge in [0.05, 0.1) is 4.90 Å². The summed E-state index contributed by atoms with van der Waals surface area (Å²) in [5, 5.41) is 3.16. The minimum atomic E-state index is -3.41. The molecular weight excluding hydrogens is 260 g/mol. The Kier molecular flexibility index (Phi) is 6.48. The van der Waals surface area contributed by atoms with Crippen molar-refractivity contribution in [3.63, 3.8) is 0 Å². The van der Waals surface area contributed by atoms with Gasteiger partial charge in [0.1, 0.15) is 0 Å². The van der Waals surface area contributed by atoms with Gasteiger partial charge in [0.25, 0.3) is 0 Å². The van der Waals surface area contributed by atoms with Crippen LogP contribution >= 0.6 is 0 Å². The second-order valence-corrected chi connectivity index (χ2v) is 6.70. The molecule has 19 heavy (non-hydrogen) atoms. The van der Waals surface area contributed by atoms with E-state index in [4.69, 9.17) is 0 Å². The molecule has 0 saturated carbocycles. The lowest BCUT2D eigenvalue weighted by Gasteiger charge is -2.12. The van der Waals surface area contributed by atoms with Crippen LogP contribution in [0.4, 0.5) is 0 Å². The topological polar surface area (TPSA) is 58.2 Å². The van der Waals surface area contributed by atoms with Crippen LogP contribution in [-0.4, -0.2) is 21.5 Å². The lowest BCUT2D eigenvalue weighted by molar-refractivity contribution is 0.550. The summed E-state index contributed by atoms with van der Waals surface area (Å²) in [6.45, 7) is 8.02. The molecule has 1 aromatic carbocycles. The molecule has 0 amide bonds. The molecule has 0 aromatic heterocycles. The Morgan fingerprint density at radius 2 is 1.89 bits per heavy atom. The number of hydrogen-bond donors (Lipinski definition) is 2. The number of benzene rings is 1. The molecule has 0 saturated heterocycles. The summed E-state index contributed by atoms with van der Waals surface area (Å²) in [4.78, 5) is 0.375. The quantitative estimate of drug-likeness (QED) is 0.769. The molecule has 0 unspecified atom stereocenters. The van der Waals surface area contributed by atoms with Gasteiger partial charge in [-0.25, -0.2) is 13.1 Å². The van der Waals surface area contributed by atoms with Crippen LogP contribution in [0.25, 0.3) is 0 Å². The van der Waals surface area contributed by atoms with Crippen molar-refractivity contribution in [2.45, 2.75) is 38.6 Å². The van der Waals surface area contributed by atoms with Crippen molar-refractivity contribution in [3.8, 4) is 0 Å². The highest BCUT2D eigenvalue weighted by Gasteiger charge is 2.17. The van der Waals surface area contributed by atoms with Crippen molar-refractivity contribution in [1.82, 2.24) is 10.0 Å². The zero-order valence-electron chi connectivity index (χ0n) is 11.9. The van der Waals surface area contributed by atoms with Gasteiger partial charge in [-0.15, -0.1) is 0 Å². The van der Waals surface area contributed by atoms with E-state index in [9.17, 15) is 8.42 Å². The van der Waals surface area contributed by atoms with Gasteiger partial charge < -0.3 is 5.32 Å². The van der Waals surface area contributed by atoms with Crippen LogP contribution in [0.1, 0.15) is 32.8 Å². The predicted molar refractivity (Wildman–Crippen MR) is 78.5 cm³/mol. The molecule has 0 spiro atoms. The lowest BCUT2D eigenvalue weighted by atomic mass is 10.1. The van der Waals surface area contributed by atoms with E-state index in [1.807, 2.05) is 19.1 Å². The smallest absolute Gasteiger partial charge is 0.240 e. The van der Waals surface area contributed by atoms with Crippen LogP contribution in [0.2, 0.25) is 0 Å². The number of sulfonamides is 1. The average molecular weight is 284 g/mol. The molecule has 0 fully saturated rings. The fourth-order valence-electron chi connectivity index (χ4n) is 1.73. The summed E-state index contributed by atoms with van der Waals surface area (Å²) in [5.74, 6) is 0.486. The first kappa shape index (κ1) is 16.1. The standard InChI is InChI=1S/C14H24N2O2S/c1-4-15-11-13-7-5-6-8-14(13)19(17,18)16-10-9-12(2)3/h5-8,12,15-16H,4,9-11H2,1-3H3. The van der Waals surface area contributed by atoms with Gasteiger partial charge >= 0.3 is 0 Å². The molecule has 0 aliphatic carbocycles. The molecule has 0 atom stereocenters. The number of hydrogen-bond acceptors (Lipinski definition) is 3. The first-order chi connectivity index (χ1) is 8.97. The number of rotatable bonds is 8. The third-order valence-corrected chi connectivity index (χ3v) is 4.40. The summed E-state index contributed by atoms with van der Waals surface area (Å²) < 4.78 is 27.2. The first-order valence-corrected chi connectivity index (χ1v) is 8.24. The summed E-state index contributed by atoms with van der Waals surface area (Å²) >= 11 is 0. The molecule has 4 nitrogen and oxygen atoms in total. The summed E-state index contributed by atoms with van der Waals surface area (Å²) in [6.07, 6.45) is 0.842. The van der Waals surface area contributed by atoms with Crippen LogP contribution in [0, 0.1) is 5.92 Å². The molecule has 0 aliphatic rings. The Hall–Kier alpha value is -0.910. The van der Waals surface area contributed by atoms with Crippen molar-refractivity contribution in [2.24, 2.45) is 5.92 Å². The predicted octanol–water partition coefficient (Wildman–Crippen LogP) is 2.12. The summed E-state index contributed by atoms with van der Waals surface area (Å²) in [7, 11) is -3.41. The van der Waals surface area contributed by atoms with E-state index in [0.29, 0.717) is 23.9 Å². The van der Waals surface area contributed by atoms with E-state index in [2.05, 4.69) is 23.9 Å². The van der Waals surface area contributed by atoms with Crippen molar-refractivity contribution in [1.29, 1.82) is 0 Å². The van der Waals surface area contributed by atoms with Crippen molar-refractivity contribution in [3.05, 3.63) is 29.8 Å². The molecule has 0 aliphatic heterocycles. The maximum absolute atomic E-state index is 12.3. The fraction of sp³-hybridized carbons (Fsp3) is 0.571. The van der Waals surface area contributed by atoms with E-state index < -0.39 is 10.0 Å². The van der Waals surface area contributed by atoms with Crippen LogP contribution in [0.15, 0.2) is 29.2 Å². The van der Waals surface area contributed by atoms with E-state index in [-0.39, 0.29) is 0 Å². The van der Waals surface area contributed by atoms with Crippen LogP contribution in [0.3, 0.4) is 0 Å². The maximum atomic E-state index is 12.3. The normalized spacial score (nSPS) is 12.0. The van der Waals surface area contributed by atoms with Gasteiger partial charge in [0.15, 0.2) is 0 Å². The number of nitrogens with one attached hydrogen (secondary N) is 2. The maximum Gasteiger partial charge on any atom is 0.240 e. The second-order valence-electron chi connectivity index (χ2n) is 4.97. The van der Waals surface area contributed by atoms with Crippen molar-refractivity contribution < 1.29 is 8.42 Å². The van der Waals surface area contributed by atoms with Gasteiger partial charge in [-0.2, -0.15) is 0 Å². The molecule has 0 radical (unpaired) electrons. The van der Waals surface area contributed by atoms with Crippen molar-refractivity contribution >= 4 is 10.0 Å². The van der Waals surface area contributed by atoms with Gasteiger partial charge in [-0.1, -0.05) is 39.0 Å². The van der Waals surface area contributed by atoms with Gasteiger partial charge in [-0.05, 0) is 30.5 Å². The second kappa shape index (κ2) is 7.62. The molecule has 1 rings (SSSR count). The molecule has 0 bridgehead atoms. The third kappa shape index (κ3) is 5.30. The Morgan fingerprint density at radius 1 is 1.21 bits per heavy atom. The molecular formula is C14H24N2O2S. The van der Waals surface area contributed by atoms with Crippen molar-refractivity contribution in [2.75, 3.05) is 13.1 Å². The third-order valence-electron chi connectivity index (χ3n) is 2.84. The Balaban J connectivity index is 2.82. The average Bonchev–Trinajstić information content (AvgIpc) is 2.36. The summed E-state index contributed by atoms with van der Waals surface area (Å²) in [6, 6.07) is 7.12. The zero-order valence-corrected chi connectivity index (χ0v) is 12.8. The minimum absolute atomic E-state index is 0.375. The summed E-state index contributed by atoms with van der Waals surface area (Å²) in [5.41, 5.74) is 0.807. The van der Waals surface area contributed by atoms with E-state index in [1.165, 1.54) is 0 Å². The fourth-order valence-corrected chi connectivity index (χ4v) is 3.02. The van der Waals surface area contributed by atoms with Gasteiger partial charge in [0.2, 0.25) is 10.0 Å². The molecule has 1 aromatic rings. The Labute approximate surface area is 116 Å². The largest absolute Gasteiger partial charge is 0.313 e. The first-order valence-electron chi connectivity index (χ1n) is 6.75. The highest BCUT2D eigenvalue weighted by atomic mass is 32.2. The zero-order chi connectivity index (χ0) is 14.3. The van der Waals surface area contributed by atoms with Crippen LogP contribution < -0.4 is 10.0 Å². The molecule has 108 valence electrons. The van der Waals surface area contributed by atoms with Gasteiger partial charge in [-0.3, -0.25) is 0 Å². The van der Waals surface area contributed by atoms with Crippen LogP contribution in [-0.2, 0) is 16.6 Å². The van der Waals surface area contributed by atoms with Crippen LogP contribution in [0.5, 0.6) is 0 Å². The molecule has 2 N–H and O–H groups in total. The highest BCUT2D eigenvalue weighted by molar-refractivity contribution is 7.89. The van der Waals surface area contributed by atoms with E-state index in [1.54, 1.807) is 12.1 Å². The lowest BCUT2D eigenvalue weighted by Crippen LogP contribution is -2.27. The molecule has 0 heterocycles. The molecule has 5 heteroatoms. The Morgan fingerprint density at radius 3 is 2.53 bits per heavy atom. The monoisotopic (exact) mass is 284 g/mol. The van der Waals surface area contributed by atoms with E-state index in [0.717, 1.165) is 18.5 Å². The highest BCUT2D eigenvalue weighted by Crippen LogP contribution is 2.15. The van der Waals surface area contributed by atoms with E-state index >= 15 is 0 Å². The SMILES string of the molecule is CCNCc1ccccc1S(=O)(=O)NCCC(C)C. The van der Waals surface area contributed by atoms with Gasteiger partial charge in [0, 0.05) is 13.1 Å².